The van der Waals surface area contributed by atoms with Crippen molar-refractivity contribution >= 4 is 40.3 Å². The number of hydrogen-bond acceptors (Lipinski definition) is 6. The standard InChI is InChI=1S/C26H36N2O5S/c1-17(2)12-22-23(30)15-20(14-19-8-5-4-6-9-19)26(33)34-16-21(13-18(3)29)25(32)27-11-7-10-24(31)28-22/h4-6,8-9,17,20-22H,7,10-16H2,1-3H3,(H,27,32)(H,28,31)/t20-,21+,22+/m1/s1. The molecule has 1 aromatic carbocycles. The molecule has 2 N–H and O–H groups in total. The molecule has 7 nitrogen and oxygen atoms in total. The van der Waals surface area contributed by atoms with Crippen LogP contribution in [0.25, 0.3) is 0 Å². The van der Waals surface area contributed by atoms with Crippen LogP contribution < -0.4 is 10.6 Å². The van der Waals surface area contributed by atoms with Crippen LogP contribution in [-0.2, 0) is 30.4 Å². The third-order valence-electron chi connectivity index (χ3n) is 5.75. The highest BCUT2D eigenvalue weighted by atomic mass is 32.2. The van der Waals surface area contributed by atoms with E-state index in [4.69, 9.17) is 0 Å². The highest BCUT2D eigenvalue weighted by Gasteiger charge is 2.30. The minimum Gasteiger partial charge on any atom is -0.356 e. The molecule has 1 fully saturated rings. The van der Waals surface area contributed by atoms with Crippen LogP contribution in [0.5, 0.6) is 0 Å². The Labute approximate surface area is 206 Å². The first-order valence-corrected chi connectivity index (χ1v) is 12.9. The first-order chi connectivity index (χ1) is 16.2. The lowest BCUT2D eigenvalue weighted by Crippen LogP contribution is -2.43. The van der Waals surface area contributed by atoms with Crippen LogP contribution in [0.15, 0.2) is 30.3 Å². The molecule has 0 spiro atoms. The summed E-state index contributed by atoms with van der Waals surface area (Å²) >= 11 is 1.02. The molecular weight excluding hydrogens is 452 g/mol. The highest BCUT2D eigenvalue weighted by molar-refractivity contribution is 8.13. The van der Waals surface area contributed by atoms with Crippen molar-refractivity contribution < 1.29 is 24.0 Å². The van der Waals surface area contributed by atoms with Crippen LogP contribution in [0, 0.1) is 17.8 Å². The Morgan fingerprint density at radius 3 is 2.44 bits per heavy atom. The molecule has 1 heterocycles. The molecule has 3 atom stereocenters. The van der Waals surface area contributed by atoms with Gasteiger partial charge < -0.3 is 15.4 Å². The van der Waals surface area contributed by atoms with Gasteiger partial charge in [-0.15, -0.1) is 0 Å². The molecule has 1 aliphatic heterocycles. The normalized spacial score (nSPS) is 23.6. The molecule has 0 bridgehead atoms. The van der Waals surface area contributed by atoms with E-state index in [2.05, 4.69) is 10.6 Å². The van der Waals surface area contributed by atoms with Crippen molar-refractivity contribution in [2.45, 2.75) is 65.3 Å². The van der Waals surface area contributed by atoms with Gasteiger partial charge in [-0.3, -0.25) is 19.2 Å². The van der Waals surface area contributed by atoms with Crippen molar-refractivity contribution in [3.63, 3.8) is 0 Å². The molecule has 8 heteroatoms. The second-order valence-electron chi connectivity index (χ2n) is 9.43. The second kappa shape index (κ2) is 14.0. The zero-order valence-electron chi connectivity index (χ0n) is 20.3. The van der Waals surface area contributed by atoms with Gasteiger partial charge in [0, 0.05) is 37.5 Å². The predicted octanol–water partition coefficient (Wildman–Crippen LogP) is 3.10. The van der Waals surface area contributed by atoms with E-state index in [1.54, 1.807) is 0 Å². The smallest absolute Gasteiger partial charge is 0.224 e. The Morgan fingerprint density at radius 2 is 1.79 bits per heavy atom. The molecule has 1 aliphatic rings. The molecule has 0 radical (unpaired) electrons. The van der Waals surface area contributed by atoms with E-state index < -0.39 is 17.9 Å². The number of thioether (sulfide) groups is 1. The SMILES string of the molecule is CC(=O)C[C@H]1CSC(=O)[C@H](Cc2ccccc2)CC(=O)[C@H](CC(C)C)NC(=O)CCCNC1=O. The Bertz CT molecular complexity index is 871. The van der Waals surface area contributed by atoms with Crippen LogP contribution in [0.3, 0.4) is 0 Å². The number of Topliss-reactive ketones (excluding diaryl/α,β-unsaturated/α-hetero) is 2. The van der Waals surface area contributed by atoms with Crippen LogP contribution in [0.4, 0.5) is 0 Å². The number of carbonyl (C=O) groups excluding carboxylic acids is 5. The summed E-state index contributed by atoms with van der Waals surface area (Å²) in [6, 6.07) is 8.84. The number of carbonyl (C=O) groups is 5. The van der Waals surface area contributed by atoms with Crippen LogP contribution in [0.2, 0.25) is 0 Å². The number of ketones is 2. The summed E-state index contributed by atoms with van der Waals surface area (Å²) < 4.78 is 0. The summed E-state index contributed by atoms with van der Waals surface area (Å²) in [6.45, 7) is 5.69. The van der Waals surface area contributed by atoms with E-state index in [1.165, 1.54) is 6.92 Å². The fourth-order valence-electron chi connectivity index (χ4n) is 4.01. The van der Waals surface area contributed by atoms with Gasteiger partial charge in [-0.1, -0.05) is 55.9 Å². The molecule has 2 rings (SSSR count). The lowest BCUT2D eigenvalue weighted by atomic mass is 9.90. The van der Waals surface area contributed by atoms with Gasteiger partial charge in [0.2, 0.25) is 11.8 Å². The second-order valence-corrected chi connectivity index (χ2v) is 10.5. The maximum Gasteiger partial charge on any atom is 0.224 e. The minimum absolute atomic E-state index is 0.0158. The number of benzene rings is 1. The summed E-state index contributed by atoms with van der Waals surface area (Å²) in [6.07, 6.45) is 1.56. The molecule has 2 amide bonds. The Balaban J connectivity index is 2.30. The van der Waals surface area contributed by atoms with Gasteiger partial charge in [0.05, 0.1) is 12.0 Å². The minimum atomic E-state index is -0.645. The lowest BCUT2D eigenvalue weighted by Gasteiger charge is -2.22. The molecule has 0 unspecified atom stereocenters. The number of nitrogens with one attached hydrogen (secondary N) is 2. The largest absolute Gasteiger partial charge is 0.356 e. The van der Waals surface area contributed by atoms with Gasteiger partial charge in [-0.25, -0.2) is 0 Å². The average Bonchev–Trinajstić information content (AvgIpc) is 2.78. The van der Waals surface area contributed by atoms with Crippen LogP contribution >= 0.6 is 11.8 Å². The zero-order valence-corrected chi connectivity index (χ0v) is 21.1. The average molecular weight is 489 g/mol. The summed E-state index contributed by atoms with van der Waals surface area (Å²) in [5, 5.41) is 5.45. The Kier molecular flexibility index (Phi) is 11.5. The summed E-state index contributed by atoms with van der Waals surface area (Å²) in [4.78, 5) is 63.3. The molecule has 0 saturated carbocycles. The summed E-state index contributed by atoms with van der Waals surface area (Å²) in [5.74, 6) is -1.66. The number of hydrogen-bond donors (Lipinski definition) is 2. The van der Waals surface area contributed by atoms with Gasteiger partial charge in [-0.05, 0) is 37.7 Å². The van der Waals surface area contributed by atoms with Gasteiger partial charge in [-0.2, -0.15) is 0 Å². The molecular formula is C26H36N2O5S. The zero-order chi connectivity index (χ0) is 25.1. The molecule has 0 aliphatic carbocycles. The van der Waals surface area contributed by atoms with E-state index >= 15 is 0 Å². The van der Waals surface area contributed by atoms with E-state index in [9.17, 15) is 24.0 Å². The van der Waals surface area contributed by atoms with Gasteiger partial charge in [0.15, 0.2) is 10.9 Å². The quantitative estimate of drug-likeness (QED) is 0.637. The third kappa shape index (κ3) is 9.79. The Hall–Kier alpha value is -2.48. The number of rotatable bonds is 6. The maximum absolute atomic E-state index is 13.3. The first-order valence-electron chi connectivity index (χ1n) is 12.0. The first kappa shape index (κ1) is 27.8. The predicted molar refractivity (Wildman–Crippen MR) is 133 cm³/mol. The van der Waals surface area contributed by atoms with Crippen molar-refractivity contribution in [3.8, 4) is 0 Å². The lowest BCUT2D eigenvalue weighted by molar-refractivity contribution is -0.129. The van der Waals surface area contributed by atoms with E-state index in [0.717, 1.165) is 17.3 Å². The van der Waals surface area contributed by atoms with Crippen molar-refractivity contribution in [2.75, 3.05) is 12.3 Å². The fraction of sp³-hybridized carbons (Fsp3) is 0.577. The fourth-order valence-corrected chi connectivity index (χ4v) is 5.05. The van der Waals surface area contributed by atoms with Crippen molar-refractivity contribution in [3.05, 3.63) is 35.9 Å². The van der Waals surface area contributed by atoms with Crippen molar-refractivity contribution in [2.24, 2.45) is 17.8 Å². The van der Waals surface area contributed by atoms with E-state index in [-0.39, 0.29) is 59.4 Å². The molecule has 34 heavy (non-hydrogen) atoms. The van der Waals surface area contributed by atoms with Crippen LogP contribution in [0.1, 0.15) is 58.4 Å². The monoisotopic (exact) mass is 488 g/mol. The topological polar surface area (TPSA) is 109 Å². The van der Waals surface area contributed by atoms with Gasteiger partial charge in [0.1, 0.15) is 5.78 Å². The molecule has 0 aromatic heterocycles. The van der Waals surface area contributed by atoms with Crippen molar-refractivity contribution in [1.29, 1.82) is 0 Å². The van der Waals surface area contributed by atoms with Gasteiger partial charge in [0.25, 0.3) is 0 Å². The molecule has 1 saturated heterocycles. The van der Waals surface area contributed by atoms with Gasteiger partial charge >= 0.3 is 0 Å². The summed E-state index contributed by atoms with van der Waals surface area (Å²) in [7, 11) is 0. The van der Waals surface area contributed by atoms with E-state index in [0.29, 0.717) is 25.8 Å². The van der Waals surface area contributed by atoms with Crippen molar-refractivity contribution in [1.82, 2.24) is 10.6 Å². The summed E-state index contributed by atoms with van der Waals surface area (Å²) in [5.41, 5.74) is 0.939. The maximum atomic E-state index is 13.3. The third-order valence-corrected chi connectivity index (χ3v) is 6.93. The molecule has 1 aromatic rings. The number of amides is 2. The van der Waals surface area contributed by atoms with E-state index in [1.807, 2.05) is 44.2 Å². The molecule has 186 valence electrons. The van der Waals surface area contributed by atoms with Crippen LogP contribution in [-0.4, -0.2) is 46.8 Å². The highest BCUT2D eigenvalue weighted by Crippen LogP contribution is 2.25. The Morgan fingerprint density at radius 1 is 1.09 bits per heavy atom.